The molecule has 0 saturated carbocycles. The Kier molecular flexibility index (Phi) is 4.71. The molecular formula is C18H23BN2O4. The van der Waals surface area contributed by atoms with Crippen LogP contribution in [0.1, 0.15) is 33.3 Å². The van der Waals surface area contributed by atoms with Crippen LogP contribution in [-0.2, 0) is 15.9 Å². The minimum Gasteiger partial charge on any atom is -0.497 e. The first-order valence-corrected chi connectivity index (χ1v) is 8.24. The van der Waals surface area contributed by atoms with E-state index >= 15 is 0 Å². The lowest BCUT2D eigenvalue weighted by Gasteiger charge is -2.32. The van der Waals surface area contributed by atoms with E-state index in [2.05, 4.69) is 9.97 Å². The van der Waals surface area contributed by atoms with Gasteiger partial charge in [0.2, 0.25) is 5.88 Å². The fraction of sp³-hybridized carbons (Fsp3) is 0.444. The maximum Gasteiger partial charge on any atom is 0.516 e. The van der Waals surface area contributed by atoms with Crippen LogP contribution in [0.2, 0.25) is 0 Å². The number of benzene rings is 1. The minimum absolute atomic E-state index is 0.394. The third-order valence-electron chi connectivity index (χ3n) is 4.67. The SMILES string of the molecule is COc1ccc(COc2cncc(B3OC(C)(C)C(C)(C)O3)n2)cc1. The molecule has 0 atom stereocenters. The summed E-state index contributed by atoms with van der Waals surface area (Å²) in [5.74, 6) is 1.24. The van der Waals surface area contributed by atoms with E-state index < -0.39 is 18.3 Å². The third kappa shape index (κ3) is 3.77. The van der Waals surface area contributed by atoms with Gasteiger partial charge in [0.25, 0.3) is 0 Å². The van der Waals surface area contributed by atoms with Crippen molar-refractivity contribution in [1.82, 2.24) is 9.97 Å². The van der Waals surface area contributed by atoms with Crippen molar-refractivity contribution in [2.75, 3.05) is 7.11 Å². The quantitative estimate of drug-likeness (QED) is 0.778. The summed E-state index contributed by atoms with van der Waals surface area (Å²) in [4.78, 5) is 8.67. The molecule has 2 aromatic rings. The lowest BCUT2D eigenvalue weighted by atomic mass is 9.85. The second-order valence-corrected chi connectivity index (χ2v) is 7.01. The van der Waals surface area contributed by atoms with Gasteiger partial charge >= 0.3 is 7.12 Å². The molecule has 2 heterocycles. The predicted octanol–water partition coefficient (Wildman–Crippen LogP) is 2.36. The van der Waals surface area contributed by atoms with Crippen LogP contribution in [0.5, 0.6) is 11.6 Å². The molecule has 0 N–H and O–H groups in total. The zero-order chi connectivity index (χ0) is 18.1. The molecule has 1 aromatic heterocycles. The highest BCUT2D eigenvalue weighted by Crippen LogP contribution is 2.36. The number of rotatable bonds is 5. The fourth-order valence-electron chi connectivity index (χ4n) is 2.39. The highest BCUT2D eigenvalue weighted by atomic mass is 16.7. The summed E-state index contributed by atoms with van der Waals surface area (Å²) in [5, 5.41) is 0. The van der Waals surface area contributed by atoms with Gasteiger partial charge in [-0.05, 0) is 45.4 Å². The molecule has 1 fully saturated rings. The number of hydrogen-bond donors (Lipinski definition) is 0. The smallest absolute Gasteiger partial charge is 0.497 e. The Bertz CT molecular complexity index is 718. The van der Waals surface area contributed by atoms with Crippen LogP contribution in [-0.4, -0.2) is 35.4 Å². The molecule has 25 heavy (non-hydrogen) atoms. The molecule has 1 aliphatic rings. The van der Waals surface area contributed by atoms with Gasteiger partial charge < -0.3 is 18.8 Å². The number of ether oxygens (including phenoxy) is 2. The van der Waals surface area contributed by atoms with Crippen molar-refractivity contribution in [2.24, 2.45) is 0 Å². The van der Waals surface area contributed by atoms with Crippen molar-refractivity contribution in [2.45, 2.75) is 45.5 Å². The summed E-state index contributed by atoms with van der Waals surface area (Å²) < 4.78 is 22.9. The Morgan fingerprint density at radius 1 is 1.00 bits per heavy atom. The van der Waals surface area contributed by atoms with E-state index in [-0.39, 0.29) is 0 Å². The number of nitrogens with zero attached hydrogens (tertiary/aromatic N) is 2. The van der Waals surface area contributed by atoms with Gasteiger partial charge in [0.15, 0.2) is 0 Å². The molecular weight excluding hydrogens is 319 g/mol. The van der Waals surface area contributed by atoms with E-state index in [1.807, 2.05) is 52.0 Å². The lowest BCUT2D eigenvalue weighted by molar-refractivity contribution is 0.00578. The molecule has 0 radical (unpaired) electrons. The normalized spacial score (nSPS) is 18.2. The monoisotopic (exact) mass is 342 g/mol. The zero-order valence-electron chi connectivity index (χ0n) is 15.3. The van der Waals surface area contributed by atoms with Gasteiger partial charge in [0.1, 0.15) is 12.4 Å². The van der Waals surface area contributed by atoms with E-state index in [1.165, 1.54) is 0 Å². The maximum atomic E-state index is 6.00. The highest BCUT2D eigenvalue weighted by molar-refractivity contribution is 6.61. The van der Waals surface area contributed by atoms with E-state index in [0.29, 0.717) is 18.1 Å². The van der Waals surface area contributed by atoms with Crippen LogP contribution in [0.25, 0.3) is 0 Å². The predicted molar refractivity (Wildman–Crippen MR) is 95.1 cm³/mol. The largest absolute Gasteiger partial charge is 0.516 e. The zero-order valence-corrected chi connectivity index (χ0v) is 15.3. The standard InChI is InChI=1S/C18H23BN2O4/c1-17(2)18(3,4)25-19(24-17)15-10-20-11-16(21-15)23-12-13-6-8-14(22-5)9-7-13/h6-11H,12H2,1-5H3. The molecule has 1 saturated heterocycles. The van der Waals surface area contributed by atoms with Crippen LogP contribution < -0.4 is 15.1 Å². The first-order chi connectivity index (χ1) is 11.8. The molecule has 0 aliphatic carbocycles. The average molecular weight is 342 g/mol. The second-order valence-electron chi connectivity index (χ2n) is 7.01. The fourth-order valence-corrected chi connectivity index (χ4v) is 2.39. The number of hydrogen-bond acceptors (Lipinski definition) is 6. The van der Waals surface area contributed by atoms with Crippen molar-refractivity contribution < 1.29 is 18.8 Å². The molecule has 1 aromatic carbocycles. The molecule has 132 valence electrons. The van der Waals surface area contributed by atoms with Gasteiger partial charge in [-0.1, -0.05) is 12.1 Å². The van der Waals surface area contributed by atoms with E-state index in [9.17, 15) is 0 Å². The number of aromatic nitrogens is 2. The van der Waals surface area contributed by atoms with E-state index in [4.69, 9.17) is 18.8 Å². The van der Waals surface area contributed by atoms with Crippen LogP contribution in [0.15, 0.2) is 36.7 Å². The maximum absolute atomic E-state index is 6.00. The van der Waals surface area contributed by atoms with Crippen molar-refractivity contribution >= 4 is 12.7 Å². The van der Waals surface area contributed by atoms with Crippen molar-refractivity contribution in [3.63, 3.8) is 0 Å². The molecule has 0 spiro atoms. The average Bonchev–Trinajstić information content (AvgIpc) is 2.81. The number of methoxy groups -OCH3 is 1. The summed E-state index contributed by atoms with van der Waals surface area (Å²) in [6.45, 7) is 8.41. The van der Waals surface area contributed by atoms with Crippen molar-refractivity contribution in [1.29, 1.82) is 0 Å². The Morgan fingerprint density at radius 3 is 2.24 bits per heavy atom. The molecule has 0 unspecified atom stereocenters. The van der Waals surface area contributed by atoms with Crippen LogP contribution in [0.3, 0.4) is 0 Å². The van der Waals surface area contributed by atoms with Crippen LogP contribution >= 0.6 is 0 Å². The Hall–Kier alpha value is -2.12. The summed E-state index contributed by atoms with van der Waals surface area (Å²) in [7, 11) is 1.09. The Morgan fingerprint density at radius 2 is 1.64 bits per heavy atom. The molecule has 6 nitrogen and oxygen atoms in total. The second kappa shape index (κ2) is 6.65. The van der Waals surface area contributed by atoms with E-state index in [1.54, 1.807) is 19.5 Å². The molecule has 3 rings (SSSR count). The minimum atomic E-state index is -0.554. The van der Waals surface area contributed by atoms with Crippen LogP contribution in [0.4, 0.5) is 0 Å². The van der Waals surface area contributed by atoms with Gasteiger partial charge in [-0.15, -0.1) is 0 Å². The van der Waals surface area contributed by atoms with E-state index in [0.717, 1.165) is 11.3 Å². The van der Waals surface area contributed by atoms with Gasteiger partial charge in [-0.3, -0.25) is 4.98 Å². The van der Waals surface area contributed by atoms with Crippen molar-refractivity contribution in [3.05, 3.63) is 42.2 Å². The first kappa shape index (κ1) is 17.7. The van der Waals surface area contributed by atoms with Crippen molar-refractivity contribution in [3.8, 4) is 11.6 Å². The lowest BCUT2D eigenvalue weighted by Crippen LogP contribution is -2.41. The Labute approximate surface area is 148 Å². The van der Waals surface area contributed by atoms with Gasteiger partial charge in [0, 0.05) is 6.20 Å². The summed E-state index contributed by atoms with van der Waals surface area (Å²) in [6.07, 6.45) is 3.22. The van der Waals surface area contributed by atoms with Crippen LogP contribution in [0, 0.1) is 0 Å². The summed E-state index contributed by atoms with van der Waals surface area (Å²) >= 11 is 0. The summed E-state index contributed by atoms with van der Waals surface area (Å²) in [5.41, 5.74) is 0.785. The molecule has 7 heteroatoms. The first-order valence-electron chi connectivity index (χ1n) is 8.24. The third-order valence-corrected chi connectivity index (χ3v) is 4.67. The van der Waals surface area contributed by atoms with Gasteiger partial charge in [0.05, 0.1) is 30.1 Å². The topological polar surface area (TPSA) is 62.7 Å². The molecule has 0 amide bonds. The van der Waals surface area contributed by atoms with Gasteiger partial charge in [-0.2, -0.15) is 0 Å². The summed E-state index contributed by atoms with van der Waals surface area (Å²) in [6, 6.07) is 7.69. The molecule has 1 aliphatic heterocycles. The van der Waals surface area contributed by atoms with Gasteiger partial charge in [-0.25, -0.2) is 4.98 Å². The molecule has 0 bridgehead atoms. The highest BCUT2D eigenvalue weighted by Gasteiger charge is 2.52. The Balaban J connectivity index is 1.67.